The molecule has 4 aliphatic heterocycles. The van der Waals surface area contributed by atoms with Crippen LogP contribution >= 0.6 is 0 Å². The summed E-state index contributed by atoms with van der Waals surface area (Å²) in [4.78, 5) is 51.2. The van der Waals surface area contributed by atoms with Crippen LogP contribution in [0.4, 0.5) is 0 Å². The summed E-state index contributed by atoms with van der Waals surface area (Å²) in [6, 6.07) is 0. The second-order valence-electron chi connectivity index (χ2n) is 13.0. The molecule has 0 radical (unpaired) electrons. The van der Waals surface area contributed by atoms with Gasteiger partial charge in [0.05, 0.1) is 30.8 Å². The fourth-order valence-corrected chi connectivity index (χ4v) is 8.31. The van der Waals surface area contributed by atoms with Gasteiger partial charge in [0, 0.05) is 37.8 Å². The Kier molecular flexibility index (Phi) is 7.65. The number of allylic oxidation sites excluding steroid dienone is 3. The van der Waals surface area contributed by atoms with E-state index in [2.05, 4.69) is 19.9 Å². The van der Waals surface area contributed by atoms with Gasteiger partial charge in [-0.05, 0) is 44.8 Å². The van der Waals surface area contributed by atoms with Crippen molar-refractivity contribution in [3.05, 3.63) is 47.6 Å². The number of hydrogen-bond acceptors (Lipinski definition) is 11. The summed E-state index contributed by atoms with van der Waals surface area (Å²) >= 11 is 0. The third-order valence-corrected chi connectivity index (χ3v) is 10.7. The van der Waals surface area contributed by atoms with Crippen molar-refractivity contribution in [1.29, 1.82) is 0 Å². The molecule has 4 heterocycles. The van der Waals surface area contributed by atoms with Crippen LogP contribution in [-0.2, 0) is 52.3 Å². The Bertz CT molecular complexity index is 1370. The van der Waals surface area contributed by atoms with Gasteiger partial charge in [-0.3, -0.25) is 9.59 Å². The third kappa shape index (κ3) is 4.66. The highest BCUT2D eigenvalue weighted by Crippen LogP contribution is 2.72. The number of fused-ring (bicyclic) bond motifs is 2. The minimum atomic E-state index is -1.49. The zero-order chi connectivity index (χ0) is 31.5. The average Bonchev–Trinajstić information content (AvgIpc) is 3.73. The molecule has 6 aliphatic rings. The first-order valence-electron chi connectivity index (χ1n) is 15.3. The summed E-state index contributed by atoms with van der Waals surface area (Å²) in [6.07, 6.45) is 8.33. The summed E-state index contributed by atoms with van der Waals surface area (Å²) < 4.78 is 42.5. The molecule has 2 aliphatic carbocycles. The van der Waals surface area contributed by atoms with Gasteiger partial charge < -0.3 is 33.2 Å². The number of carbonyl (C=O) groups excluding carboxylic acids is 4. The minimum Gasteiger partial charge on any atom is -0.462 e. The Morgan fingerprint density at radius 3 is 2.50 bits per heavy atom. The highest BCUT2D eigenvalue weighted by molar-refractivity contribution is 5.84. The van der Waals surface area contributed by atoms with Crippen LogP contribution in [0, 0.1) is 10.8 Å². The molecule has 0 aromatic heterocycles. The fraction of sp³-hybridized carbons (Fsp3) is 0.636. The second kappa shape index (κ2) is 11.0. The SMILES string of the molecule is CC(=O)OC(C)C12C=CC=CC(=O)O[C@@H]3CC4OC5C=C(C)CC[C@]5(COC(=O)C=C(CCO1)[C@H]2OC(C)=O)[C@]3(C)[C@@]41CO1. The fourth-order valence-electron chi connectivity index (χ4n) is 8.31. The van der Waals surface area contributed by atoms with Crippen LogP contribution < -0.4 is 0 Å². The smallest absolute Gasteiger partial charge is 0.331 e. The first kappa shape index (κ1) is 30.7. The molecule has 11 nitrogen and oxygen atoms in total. The largest absolute Gasteiger partial charge is 0.462 e. The number of esters is 4. The van der Waals surface area contributed by atoms with Crippen molar-refractivity contribution in [3.63, 3.8) is 0 Å². The maximum absolute atomic E-state index is 13.6. The van der Waals surface area contributed by atoms with Crippen LogP contribution in [-0.4, -0.2) is 85.4 Å². The van der Waals surface area contributed by atoms with Crippen molar-refractivity contribution in [2.45, 2.75) is 102 Å². The zero-order valence-electron chi connectivity index (χ0n) is 25.8. The molecule has 3 saturated heterocycles. The van der Waals surface area contributed by atoms with Crippen molar-refractivity contribution in [3.8, 4) is 0 Å². The Labute approximate surface area is 256 Å². The van der Waals surface area contributed by atoms with E-state index in [4.69, 9.17) is 33.2 Å². The molecule has 4 bridgehead atoms. The van der Waals surface area contributed by atoms with Crippen LogP contribution in [0.5, 0.6) is 0 Å². The van der Waals surface area contributed by atoms with Gasteiger partial charge in [0.2, 0.25) is 0 Å². The maximum Gasteiger partial charge on any atom is 0.331 e. The van der Waals surface area contributed by atoms with Crippen molar-refractivity contribution in [2.75, 3.05) is 19.8 Å². The van der Waals surface area contributed by atoms with Gasteiger partial charge in [0.15, 0.2) is 11.7 Å². The first-order chi connectivity index (χ1) is 20.9. The molecule has 0 aromatic rings. The summed E-state index contributed by atoms with van der Waals surface area (Å²) in [6.45, 7) is 8.90. The molecule has 0 amide bonds. The van der Waals surface area contributed by atoms with E-state index in [1.807, 2.05) is 0 Å². The molecule has 6 rings (SSSR count). The molecule has 11 heteroatoms. The van der Waals surface area contributed by atoms with Crippen molar-refractivity contribution >= 4 is 23.9 Å². The second-order valence-corrected chi connectivity index (χ2v) is 13.0. The molecule has 4 fully saturated rings. The molecule has 0 N–H and O–H groups in total. The molecule has 1 saturated carbocycles. The zero-order valence-corrected chi connectivity index (χ0v) is 25.8. The Hall–Kier alpha value is -3.28. The summed E-state index contributed by atoms with van der Waals surface area (Å²) in [7, 11) is 0. The van der Waals surface area contributed by atoms with Gasteiger partial charge in [0.1, 0.15) is 24.4 Å². The Morgan fingerprint density at radius 2 is 1.80 bits per heavy atom. The maximum atomic E-state index is 13.6. The van der Waals surface area contributed by atoms with E-state index in [-0.39, 0.29) is 31.8 Å². The molecule has 9 atom stereocenters. The number of epoxide rings is 1. The van der Waals surface area contributed by atoms with Crippen molar-refractivity contribution in [2.24, 2.45) is 10.8 Å². The van der Waals surface area contributed by atoms with E-state index < -0.39 is 64.2 Å². The van der Waals surface area contributed by atoms with Crippen LogP contribution in [0.1, 0.15) is 60.3 Å². The number of rotatable bonds is 3. The lowest BCUT2D eigenvalue weighted by molar-refractivity contribution is -0.232. The third-order valence-electron chi connectivity index (χ3n) is 10.7. The minimum absolute atomic E-state index is 0.00586. The molecule has 2 spiro atoms. The van der Waals surface area contributed by atoms with Gasteiger partial charge >= 0.3 is 23.9 Å². The highest BCUT2D eigenvalue weighted by Gasteiger charge is 2.83. The van der Waals surface area contributed by atoms with E-state index in [9.17, 15) is 19.2 Å². The molecule has 44 heavy (non-hydrogen) atoms. The first-order valence-corrected chi connectivity index (χ1v) is 15.3. The number of carbonyl (C=O) groups is 4. The van der Waals surface area contributed by atoms with Crippen molar-refractivity contribution < 1.29 is 52.3 Å². The molecule has 0 aromatic carbocycles. The van der Waals surface area contributed by atoms with E-state index in [1.54, 1.807) is 19.1 Å². The molecular weight excluding hydrogens is 572 g/mol. The van der Waals surface area contributed by atoms with E-state index >= 15 is 0 Å². The number of hydrogen-bond donors (Lipinski definition) is 0. The topological polar surface area (TPSA) is 136 Å². The van der Waals surface area contributed by atoms with Crippen molar-refractivity contribution in [1.82, 2.24) is 0 Å². The molecule has 4 unspecified atom stereocenters. The summed E-state index contributed by atoms with van der Waals surface area (Å²) in [5.41, 5.74) is -1.91. The lowest BCUT2D eigenvalue weighted by atomic mass is 9.51. The highest BCUT2D eigenvalue weighted by atomic mass is 16.6. The quantitative estimate of drug-likeness (QED) is 0.201. The van der Waals surface area contributed by atoms with Gasteiger partial charge in [0.25, 0.3) is 0 Å². The van der Waals surface area contributed by atoms with Gasteiger partial charge in [-0.1, -0.05) is 30.7 Å². The lowest BCUT2D eigenvalue weighted by Gasteiger charge is -2.58. The number of cyclic esters (lactones) is 1. The van der Waals surface area contributed by atoms with Crippen LogP contribution in [0.25, 0.3) is 0 Å². The van der Waals surface area contributed by atoms with E-state index in [0.29, 0.717) is 25.0 Å². The monoisotopic (exact) mass is 612 g/mol. The van der Waals surface area contributed by atoms with Crippen LogP contribution in [0.2, 0.25) is 0 Å². The van der Waals surface area contributed by atoms with Gasteiger partial charge in [-0.15, -0.1) is 0 Å². The van der Waals surface area contributed by atoms with Gasteiger partial charge in [-0.2, -0.15) is 0 Å². The Morgan fingerprint density at radius 1 is 1.02 bits per heavy atom. The predicted molar refractivity (Wildman–Crippen MR) is 153 cm³/mol. The predicted octanol–water partition coefficient (Wildman–Crippen LogP) is 3.21. The number of ether oxygens (including phenoxy) is 7. The standard InChI is InChI=1S/C33H40O11/c1-19-9-12-31-17-38-28(37)15-23-10-13-39-32(20(2)41-21(3)34,29(23)42-22(4)35)11-7-6-8-27(36)44-24-16-26(43-25(31)14-19)33(18-40-33)30(24,31)5/h6-8,11,14-15,20,24-26,29H,9-10,12-13,16-18H2,1-5H3/t20?,24-,25?,26?,29-,30-,31-,32?,33-/m1/s1. The van der Waals surface area contributed by atoms with Crippen LogP contribution in [0.15, 0.2) is 47.6 Å². The Balaban J connectivity index is 1.45. The normalized spacial score (nSPS) is 41.8. The van der Waals surface area contributed by atoms with Gasteiger partial charge in [-0.25, -0.2) is 9.59 Å². The van der Waals surface area contributed by atoms with E-state index in [1.165, 1.54) is 37.6 Å². The molecule has 238 valence electrons. The van der Waals surface area contributed by atoms with Crippen LogP contribution in [0.3, 0.4) is 0 Å². The molecular formula is C33H40O11. The average molecular weight is 613 g/mol. The van der Waals surface area contributed by atoms with E-state index in [0.717, 1.165) is 6.42 Å². The lowest BCUT2D eigenvalue weighted by Crippen LogP contribution is -2.66. The summed E-state index contributed by atoms with van der Waals surface area (Å²) in [5.74, 6) is -2.35. The summed E-state index contributed by atoms with van der Waals surface area (Å²) in [5, 5.41) is 0.